The number of aliphatic hydroxyl groups is 2. The first-order chi connectivity index (χ1) is 13.5. The number of phosphoric ester groups is 1. The summed E-state index contributed by atoms with van der Waals surface area (Å²) < 4.78 is 22.2. The van der Waals surface area contributed by atoms with Crippen LogP contribution in [0.2, 0.25) is 0 Å². The lowest BCUT2D eigenvalue weighted by Crippen LogP contribution is -2.39. The minimum Gasteiger partial charge on any atom is -0.394 e. The maximum atomic E-state index is 12.1. The van der Waals surface area contributed by atoms with Crippen molar-refractivity contribution in [2.45, 2.75) is 83.3 Å². The van der Waals surface area contributed by atoms with Crippen LogP contribution in [0.4, 0.5) is 0 Å². The molecule has 29 heavy (non-hydrogen) atoms. The van der Waals surface area contributed by atoms with Crippen LogP contribution in [0.3, 0.4) is 0 Å². The largest absolute Gasteiger partial charge is 0.472 e. The van der Waals surface area contributed by atoms with Gasteiger partial charge in [-0.25, -0.2) is 4.57 Å². The third-order valence-electron chi connectivity index (χ3n) is 4.67. The van der Waals surface area contributed by atoms with Crippen LogP contribution in [-0.4, -0.2) is 78.5 Å². The van der Waals surface area contributed by atoms with E-state index in [0.717, 1.165) is 19.3 Å². The average Bonchev–Trinajstić information content (AvgIpc) is 2.62. The van der Waals surface area contributed by atoms with Gasteiger partial charge in [-0.1, -0.05) is 58.3 Å². The molecule has 0 saturated heterocycles. The monoisotopic (exact) mass is 440 g/mol. The number of unbranched alkanes of at least 4 members (excludes halogenated alkanes) is 8. The number of ketones is 1. The molecule has 3 N–H and O–H groups in total. The summed E-state index contributed by atoms with van der Waals surface area (Å²) in [7, 11) is 1.22. The summed E-state index contributed by atoms with van der Waals surface area (Å²) in [6, 6.07) is 0. The van der Waals surface area contributed by atoms with E-state index < -0.39 is 32.4 Å². The van der Waals surface area contributed by atoms with E-state index in [1.807, 2.05) is 21.1 Å². The number of likely N-dealkylation sites (N-methyl/N-ethyl adjacent to an activating group) is 1. The molecule has 0 aliphatic rings. The van der Waals surface area contributed by atoms with Crippen LogP contribution in [0.25, 0.3) is 0 Å². The highest BCUT2D eigenvalue weighted by atomic mass is 31.2. The second-order valence-electron chi connectivity index (χ2n) is 8.63. The Morgan fingerprint density at radius 1 is 1.00 bits per heavy atom. The zero-order valence-corrected chi connectivity index (χ0v) is 19.6. The molecule has 0 rings (SSSR count). The fraction of sp³-hybridized carbons (Fsp3) is 0.950. The summed E-state index contributed by atoms with van der Waals surface area (Å²) in [5, 5.41) is 19.5. The van der Waals surface area contributed by atoms with E-state index in [0.29, 0.717) is 17.4 Å². The van der Waals surface area contributed by atoms with Gasteiger partial charge in [0.2, 0.25) is 0 Å². The third-order valence-corrected chi connectivity index (χ3v) is 5.72. The molecule has 0 saturated carbocycles. The van der Waals surface area contributed by atoms with E-state index in [2.05, 4.69) is 6.92 Å². The molecule has 3 atom stereocenters. The highest BCUT2D eigenvalue weighted by Gasteiger charge is 2.34. The van der Waals surface area contributed by atoms with Gasteiger partial charge < -0.3 is 19.6 Å². The number of carbonyl (C=O) groups excluding carboxylic acids is 1. The van der Waals surface area contributed by atoms with Crippen LogP contribution in [0.1, 0.15) is 71.1 Å². The molecule has 0 aromatic carbocycles. The molecule has 0 aliphatic carbocycles. The summed E-state index contributed by atoms with van der Waals surface area (Å²) in [5.41, 5.74) is 0. The van der Waals surface area contributed by atoms with Crippen molar-refractivity contribution in [3.05, 3.63) is 0 Å². The van der Waals surface area contributed by atoms with Crippen molar-refractivity contribution in [2.75, 3.05) is 40.9 Å². The Bertz CT molecular complexity index is 482. The molecule has 0 fully saturated rings. The van der Waals surface area contributed by atoms with Crippen LogP contribution < -0.4 is 0 Å². The van der Waals surface area contributed by atoms with Gasteiger partial charge in [-0.2, -0.15) is 0 Å². The molecular weight excluding hydrogens is 397 g/mol. The Hall–Kier alpha value is -0.340. The van der Waals surface area contributed by atoms with E-state index in [1.54, 1.807) is 0 Å². The predicted molar refractivity (Wildman–Crippen MR) is 113 cm³/mol. The molecule has 0 aromatic heterocycles. The minimum absolute atomic E-state index is 0.0298. The van der Waals surface area contributed by atoms with Crippen LogP contribution in [-0.2, 0) is 18.4 Å². The number of aliphatic hydroxyl groups excluding tert-OH is 2. The fourth-order valence-corrected chi connectivity index (χ4v) is 3.68. The van der Waals surface area contributed by atoms with E-state index in [-0.39, 0.29) is 13.0 Å². The first-order valence-electron chi connectivity index (χ1n) is 10.8. The van der Waals surface area contributed by atoms with Crippen molar-refractivity contribution in [3.63, 3.8) is 0 Å². The first kappa shape index (κ1) is 28.7. The average molecular weight is 441 g/mol. The van der Waals surface area contributed by atoms with E-state index in [4.69, 9.17) is 9.05 Å². The first-order valence-corrected chi connectivity index (χ1v) is 12.3. The quantitative estimate of drug-likeness (QED) is 0.161. The van der Waals surface area contributed by atoms with Crippen LogP contribution in [0.5, 0.6) is 0 Å². The van der Waals surface area contributed by atoms with Crippen LogP contribution >= 0.6 is 7.82 Å². The van der Waals surface area contributed by atoms with Crippen molar-refractivity contribution in [2.24, 2.45) is 0 Å². The summed E-state index contributed by atoms with van der Waals surface area (Å²) >= 11 is 0. The Balaban J connectivity index is 4.16. The molecule has 9 heteroatoms. The molecule has 0 amide bonds. The van der Waals surface area contributed by atoms with Gasteiger partial charge in [-0.3, -0.25) is 13.8 Å². The molecule has 174 valence electrons. The van der Waals surface area contributed by atoms with Crippen molar-refractivity contribution in [1.29, 1.82) is 0 Å². The fourth-order valence-electron chi connectivity index (χ4n) is 2.79. The van der Waals surface area contributed by atoms with Gasteiger partial charge in [0.15, 0.2) is 5.78 Å². The number of carbonyl (C=O) groups is 1. The number of hydrogen-bond donors (Lipinski definition) is 3. The molecule has 0 bridgehead atoms. The van der Waals surface area contributed by atoms with Gasteiger partial charge in [-0.15, -0.1) is 0 Å². The third kappa shape index (κ3) is 16.1. The lowest BCUT2D eigenvalue weighted by Gasteiger charge is -2.25. The van der Waals surface area contributed by atoms with E-state index in [1.165, 1.54) is 32.1 Å². The van der Waals surface area contributed by atoms with Crippen LogP contribution in [0.15, 0.2) is 0 Å². The maximum Gasteiger partial charge on any atom is 0.472 e. The zero-order chi connectivity index (χ0) is 22.3. The van der Waals surface area contributed by atoms with Crippen molar-refractivity contribution < 1.29 is 38.0 Å². The standard InChI is InChI=1S/C20H42NO7P/c1-5-6-7-8-9-10-11-12-13-14-18(23)20(24)19(17-22)28-29(25,26)27-16-15-21(2,3)4/h19-20,22,24H,5-17H2,1-4H3/p+1/t19-,20?/m0/s1. The Labute approximate surface area is 176 Å². The van der Waals surface area contributed by atoms with Crippen molar-refractivity contribution in [3.8, 4) is 0 Å². The van der Waals surface area contributed by atoms with Gasteiger partial charge in [0, 0.05) is 6.42 Å². The molecule has 2 unspecified atom stereocenters. The lowest BCUT2D eigenvalue weighted by molar-refractivity contribution is -0.870. The topological polar surface area (TPSA) is 113 Å². The SMILES string of the molecule is CCCCCCCCCCCC(=O)C(O)[C@H](CO)OP(=O)(O)OCC[N+](C)(C)C. The summed E-state index contributed by atoms with van der Waals surface area (Å²) in [6.45, 7) is 1.88. The Morgan fingerprint density at radius 3 is 2.00 bits per heavy atom. The van der Waals surface area contributed by atoms with Gasteiger partial charge in [0.25, 0.3) is 0 Å². The van der Waals surface area contributed by atoms with Gasteiger partial charge in [0.05, 0.1) is 27.7 Å². The Morgan fingerprint density at radius 2 is 1.52 bits per heavy atom. The minimum atomic E-state index is -4.48. The normalized spacial score (nSPS) is 16.4. The summed E-state index contributed by atoms with van der Waals surface area (Å²) in [5.74, 6) is -0.502. The summed E-state index contributed by atoms with van der Waals surface area (Å²) in [6.07, 6.45) is 6.96. The molecule has 0 aliphatic heterocycles. The molecular formula is C20H43NO7P+. The van der Waals surface area contributed by atoms with Crippen molar-refractivity contribution >= 4 is 13.6 Å². The maximum absolute atomic E-state index is 12.1. The van der Waals surface area contributed by atoms with Crippen LogP contribution in [0, 0.1) is 0 Å². The number of quaternary nitrogens is 1. The molecule has 0 radical (unpaired) electrons. The van der Waals surface area contributed by atoms with E-state index >= 15 is 0 Å². The predicted octanol–water partition coefficient (Wildman–Crippen LogP) is 3.04. The Kier molecular flexibility index (Phi) is 15.3. The van der Waals surface area contributed by atoms with E-state index in [9.17, 15) is 24.5 Å². The molecule has 8 nitrogen and oxygen atoms in total. The van der Waals surface area contributed by atoms with Gasteiger partial charge >= 0.3 is 7.82 Å². The second-order valence-corrected chi connectivity index (χ2v) is 10.0. The smallest absolute Gasteiger partial charge is 0.394 e. The second kappa shape index (κ2) is 15.5. The summed E-state index contributed by atoms with van der Waals surface area (Å²) in [4.78, 5) is 21.9. The highest BCUT2D eigenvalue weighted by molar-refractivity contribution is 7.47. The molecule has 0 aromatic rings. The lowest BCUT2D eigenvalue weighted by atomic mass is 10.0. The molecule has 0 spiro atoms. The highest BCUT2D eigenvalue weighted by Crippen LogP contribution is 2.45. The zero-order valence-electron chi connectivity index (χ0n) is 18.7. The van der Waals surface area contributed by atoms with Gasteiger partial charge in [0.1, 0.15) is 25.4 Å². The number of nitrogens with zero attached hydrogens (tertiary/aromatic N) is 1. The number of Topliss-reactive ketones (excluding diaryl/α,β-unsaturated/α-hetero) is 1. The number of rotatable bonds is 19. The molecule has 0 heterocycles. The number of phosphoric acid groups is 1. The van der Waals surface area contributed by atoms with Gasteiger partial charge in [-0.05, 0) is 6.42 Å². The number of hydrogen-bond acceptors (Lipinski definition) is 6. The van der Waals surface area contributed by atoms with Crippen molar-refractivity contribution in [1.82, 2.24) is 0 Å².